The summed E-state index contributed by atoms with van der Waals surface area (Å²) in [6.07, 6.45) is 4.34. The Bertz CT molecular complexity index is 488. The fourth-order valence-corrected chi connectivity index (χ4v) is 2.65. The molecule has 1 aromatic rings. The molecule has 1 aromatic carbocycles. The highest BCUT2D eigenvalue weighted by molar-refractivity contribution is 9.10. The Morgan fingerprint density at radius 2 is 2.24 bits per heavy atom. The lowest BCUT2D eigenvalue weighted by molar-refractivity contribution is 0.399. The molecule has 0 bridgehead atoms. The molecule has 0 aliphatic heterocycles. The molecule has 17 heavy (non-hydrogen) atoms. The van der Waals surface area contributed by atoms with Crippen LogP contribution in [0.25, 0.3) is 0 Å². The molecule has 0 N–H and O–H groups in total. The molecule has 0 aromatic heterocycles. The number of ether oxygens (including phenoxy) is 1. The molecule has 0 atom stereocenters. The third-order valence-electron chi connectivity index (χ3n) is 3.20. The van der Waals surface area contributed by atoms with E-state index in [-0.39, 0.29) is 5.54 Å². The van der Waals surface area contributed by atoms with E-state index in [9.17, 15) is 4.79 Å². The van der Waals surface area contributed by atoms with Gasteiger partial charge in [-0.05, 0) is 37.0 Å². The second kappa shape index (κ2) is 4.63. The van der Waals surface area contributed by atoms with Crippen LogP contribution in [0, 0.1) is 0 Å². The molecule has 0 radical (unpaired) electrons. The third kappa shape index (κ3) is 2.15. The molecule has 1 aliphatic carbocycles. The maximum atomic E-state index is 10.5. The van der Waals surface area contributed by atoms with E-state index in [1.165, 1.54) is 0 Å². The second-order valence-corrected chi connectivity index (χ2v) is 5.15. The van der Waals surface area contributed by atoms with Crippen molar-refractivity contribution in [2.45, 2.75) is 31.7 Å². The van der Waals surface area contributed by atoms with Crippen molar-refractivity contribution in [1.82, 2.24) is 0 Å². The van der Waals surface area contributed by atoms with Crippen LogP contribution in [0.1, 0.15) is 30.9 Å². The van der Waals surface area contributed by atoms with Crippen LogP contribution in [0.15, 0.2) is 21.6 Å². The summed E-state index contributed by atoms with van der Waals surface area (Å²) in [6.45, 7) is 2.08. The quantitative estimate of drug-likeness (QED) is 0.631. The van der Waals surface area contributed by atoms with Crippen LogP contribution >= 0.6 is 15.9 Å². The van der Waals surface area contributed by atoms with Gasteiger partial charge < -0.3 is 4.74 Å². The molecule has 3 nitrogen and oxygen atoms in total. The molecule has 90 valence electrons. The summed E-state index contributed by atoms with van der Waals surface area (Å²) in [5.74, 6) is 0.854. The van der Waals surface area contributed by atoms with Crippen molar-refractivity contribution >= 4 is 22.0 Å². The first-order valence-electron chi connectivity index (χ1n) is 5.63. The summed E-state index contributed by atoms with van der Waals surface area (Å²) in [6, 6.07) is 4.04. The Kier molecular flexibility index (Phi) is 3.36. The minimum absolute atomic E-state index is 0.388. The predicted molar refractivity (Wildman–Crippen MR) is 69.1 cm³/mol. The highest BCUT2D eigenvalue weighted by atomic mass is 79.9. The van der Waals surface area contributed by atoms with Gasteiger partial charge in [0.1, 0.15) is 11.3 Å². The zero-order valence-electron chi connectivity index (χ0n) is 9.92. The molecule has 0 spiro atoms. The summed E-state index contributed by atoms with van der Waals surface area (Å²) in [5, 5.41) is 0. The molecular formula is C13H14BrNO2. The van der Waals surface area contributed by atoms with Gasteiger partial charge in [-0.1, -0.05) is 22.9 Å². The summed E-state index contributed by atoms with van der Waals surface area (Å²) >= 11 is 3.49. The van der Waals surface area contributed by atoms with Crippen molar-refractivity contribution in [1.29, 1.82) is 0 Å². The fraction of sp³-hybridized carbons (Fsp3) is 0.462. The maximum absolute atomic E-state index is 10.5. The Balaban J connectivity index is 2.60. The maximum Gasteiger partial charge on any atom is 0.235 e. The molecule has 1 fully saturated rings. The number of halogens is 1. The number of rotatable bonds is 4. The number of methoxy groups -OCH3 is 1. The number of aliphatic imine (C=N–C) groups is 1. The van der Waals surface area contributed by atoms with Crippen molar-refractivity contribution in [2.75, 3.05) is 7.11 Å². The van der Waals surface area contributed by atoms with Crippen LogP contribution in [-0.2, 0) is 16.8 Å². The van der Waals surface area contributed by atoms with Gasteiger partial charge in [0.15, 0.2) is 0 Å². The fourth-order valence-electron chi connectivity index (χ4n) is 2.15. The third-order valence-corrected chi connectivity index (χ3v) is 3.66. The average Bonchev–Trinajstić information content (AvgIpc) is 3.09. The standard InChI is InChI=1S/C13H14BrNO2/c1-3-9-6-10(14)7-11(12(9)17-2)13(4-5-13)15-8-16/h6-7H,3-5H2,1-2H3. The van der Waals surface area contributed by atoms with Crippen LogP contribution in [-0.4, -0.2) is 13.2 Å². The van der Waals surface area contributed by atoms with Gasteiger partial charge in [0.2, 0.25) is 6.08 Å². The molecule has 1 aliphatic rings. The monoisotopic (exact) mass is 295 g/mol. The van der Waals surface area contributed by atoms with Crippen LogP contribution in [0.4, 0.5) is 0 Å². The van der Waals surface area contributed by atoms with Crippen molar-refractivity contribution in [3.05, 3.63) is 27.7 Å². The number of aryl methyl sites for hydroxylation is 1. The minimum Gasteiger partial charge on any atom is -0.496 e. The van der Waals surface area contributed by atoms with Crippen molar-refractivity contribution in [3.63, 3.8) is 0 Å². The number of benzene rings is 1. The van der Waals surface area contributed by atoms with Crippen LogP contribution in [0.2, 0.25) is 0 Å². The van der Waals surface area contributed by atoms with E-state index < -0.39 is 0 Å². The normalized spacial score (nSPS) is 16.2. The van der Waals surface area contributed by atoms with Gasteiger partial charge in [-0.2, -0.15) is 4.99 Å². The number of carbonyl (C=O) groups excluding carboxylic acids is 1. The molecule has 0 unspecified atom stereocenters. The number of hydrogen-bond donors (Lipinski definition) is 0. The number of nitrogens with zero attached hydrogens (tertiary/aromatic N) is 1. The zero-order chi connectivity index (χ0) is 12.5. The van der Waals surface area contributed by atoms with Crippen LogP contribution < -0.4 is 4.74 Å². The predicted octanol–water partition coefficient (Wildman–Crippen LogP) is 3.35. The lowest BCUT2D eigenvalue weighted by atomic mass is 9.99. The Morgan fingerprint density at radius 3 is 2.71 bits per heavy atom. The van der Waals surface area contributed by atoms with Crippen molar-refractivity contribution in [2.24, 2.45) is 4.99 Å². The molecular weight excluding hydrogens is 282 g/mol. The lowest BCUT2D eigenvalue weighted by Crippen LogP contribution is -2.07. The van der Waals surface area contributed by atoms with Crippen LogP contribution in [0.3, 0.4) is 0 Å². The van der Waals surface area contributed by atoms with E-state index in [4.69, 9.17) is 4.74 Å². The van der Waals surface area contributed by atoms with E-state index in [2.05, 4.69) is 27.8 Å². The van der Waals surface area contributed by atoms with Gasteiger partial charge in [0, 0.05) is 10.0 Å². The molecule has 0 amide bonds. The number of hydrogen-bond acceptors (Lipinski definition) is 3. The summed E-state index contributed by atoms with van der Waals surface area (Å²) < 4.78 is 6.48. The first-order chi connectivity index (χ1) is 8.16. The summed E-state index contributed by atoms with van der Waals surface area (Å²) in [4.78, 5) is 14.5. The second-order valence-electron chi connectivity index (χ2n) is 4.23. The first kappa shape index (κ1) is 12.3. The summed E-state index contributed by atoms with van der Waals surface area (Å²) in [5.41, 5.74) is 1.74. The van der Waals surface area contributed by atoms with Gasteiger partial charge in [-0.25, -0.2) is 4.79 Å². The minimum atomic E-state index is -0.388. The molecule has 0 saturated heterocycles. The van der Waals surface area contributed by atoms with E-state index in [1.807, 2.05) is 12.1 Å². The van der Waals surface area contributed by atoms with Gasteiger partial charge in [0.05, 0.1) is 7.11 Å². The van der Waals surface area contributed by atoms with E-state index in [0.29, 0.717) is 0 Å². The largest absolute Gasteiger partial charge is 0.496 e. The Labute approximate surface area is 109 Å². The van der Waals surface area contributed by atoms with E-state index in [1.54, 1.807) is 13.2 Å². The first-order valence-corrected chi connectivity index (χ1v) is 6.42. The average molecular weight is 296 g/mol. The van der Waals surface area contributed by atoms with Gasteiger partial charge >= 0.3 is 0 Å². The summed E-state index contributed by atoms with van der Waals surface area (Å²) in [7, 11) is 1.66. The topological polar surface area (TPSA) is 38.7 Å². The van der Waals surface area contributed by atoms with Crippen molar-refractivity contribution < 1.29 is 9.53 Å². The SMILES string of the molecule is CCc1cc(Br)cc(C2(N=C=O)CC2)c1OC. The molecule has 0 heterocycles. The highest BCUT2D eigenvalue weighted by Crippen LogP contribution is 2.53. The Morgan fingerprint density at radius 1 is 1.53 bits per heavy atom. The van der Waals surface area contributed by atoms with Gasteiger partial charge in [-0.15, -0.1) is 0 Å². The zero-order valence-corrected chi connectivity index (χ0v) is 11.5. The van der Waals surface area contributed by atoms with E-state index >= 15 is 0 Å². The van der Waals surface area contributed by atoms with Gasteiger partial charge in [-0.3, -0.25) is 0 Å². The smallest absolute Gasteiger partial charge is 0.235 e. The van der Waals surface area contributed by atoms with Gasteiger partial charge in [0.25, 0.3) is 0 Å². The lowest BCUT2D eigenvalue weighted by Gasteiger charge is -2.17. The molecule has 4 heteroatoms. The Hall–Kier alpha value is -1.12. The molecule has 2 rings (SSSR count). The van der Waals surface area contributed by atoms with Crippen LogP contribution in [0.5, 0.6) is 5.75 Å². The number of isocyanates is 1. The van der Waals surface area contributed by atoms with Crippen molar-refractivity contribution in [3.8, 4) is 5.75 Å². The highest BCUT2D eigenvalue weighted by Gasteiger charge is 2.47. The molecule has 1 saturated carbocycles. The van der Waals surface area contributed by atoms with E-state index in [0.717, 1.165) is 40.6 Å².